The van der Waals surface area contributed by atoms with Crippen LogP contribution in [0.2, 0.25) is 0 Å². The molecule has 0 bridgehead atoms. The lowest BCUT2D eigenvalue weighted by Crippen LogP contribution is -2.28. The molecule has 128 valence electrons. The molecule has 0 aliphatic carbocycles. The fraction of sp³-hybridized carbons (Fsp3) is 0.111. The highest BCUT2D eigenvalue weighted by atomic mass is 16.5. The van der Waals surface area contributed by atoms with Gasteiger partial charge in [0, 0.05) is 18.8 Å². The number of phenols is 1. The third-order valence-corrected chi connectivity index (χ3v) is 3.55. The maximum absolute atomic E-state index is 12.0. The number of ether oxygens (including phenoxy) is 1. The number of carbonyl (C=O) groups is 1. The van der Waals surface area contributed by atoms with Gasteiger partial charge in [0.2, 0.25) is 0 Å². The molecule has 0 unspecified atom stereocenters. The quantitative estimate of drug-likeness (QED) is 0.667. The summed E-state index contributed by atoms with van der Waals surface area (Å²) in [5.41, 5.74) is 1.66. The highest BCUT2D eigenvalue weighted by Crippen LogP contribution is 2.26. The Hall–Kier alpha value is -3.48. The van der Waals surface area contributed by atoms with Gasteiger partial charge in [-0.25, -0.2) is 9.48 Å². The van der Waals surface area contributed by atoms with Gasteiger partial charge >= 0.3 is 6.03 Å². The molecule has 1 aromatic heterocycles. The number of hydrogen-bond donors (Lipinski definition) is 3. The van der Waals surface area contributed by atoms with E-state index >= 15 is 0 Å². The summed E-state index contributed by atoms with van der Waals surface area (Å²) in [5, 5.41) is 19.4. The molecule has 0 saturated carbocycles. The van der Waals surface area contributed by atoms with Crippen molar-refractivity contribution in [1.29, 1.82) is 0 Å². The van der Waals surface area contributed by atoms with Crippen molar-refractivity contribution >= 4 is 11.8 Å². The van der Waals surface area contributed by atoms with Crippen LogP contribution < -0.4 is 15.4 Å². The molecule has 0 spiro atoms. The van der Waals surface area contributed by atoms with Crippen LogP contribution in [0.4, 0.5) is 10.6 Å². The number of phenolic OH excluding ortho intramolecular Hbond substituents is 1. The van der Waals surface area contributed by atoms with Crippen LogP contribution in [0.15, 0.2) is 60.8 Å². The summed E-state index contributed by atoms with van der Waals surface area (Å²) in [6, 6.07) is 15.9. The van der Waals surface area contributed by atoms with Gasteiger partial charge in [0.25, 0.3) is 0 Å². The van der Waals surface area contributed by atoms with E-state index in [2.05, 4.69) is 15.7 Å². The average molecular weight is 338 g/mol. The van der Waals surface area contributed by atoms with Crippen LogP contribution in [0.3, 0.4) is 0 Å². The van der Waals surface area contributed by atoms with Gasteiger partial charge in [-0.2, -0.15) is 0 Å². The first-order chi connectivity index (χ1) is 12.2. The first kappa shape index (κ1) is 16.4. The maximum atomic E-state index is 12.0. The fourth-order valence-electron chi connectivity index (χ4n) is 2.30. The SMILES string of the molecule is COc1ccc(CNC(=O)Nc2ccn(-c3ccccc3)n2)cc1O. The van der Waals surface area contributed by atoms with Crippen molar-refractivity contribution in [3.05, 3.63) is 66.4 Å². The Bertz CT molecular complexity index is 862. The zero-order valence-electron chi connectivity index (χ0n) is 13.6. The number of aromatic hydroxyl groups is 1. The predicted octanol–water partition coefficient (Wildman–Crippen LogP) is 2.91. The number of rotatable bonds is 5. The Kier molecular flexibility index (Phi) is 4.84. The average Bonchev–Trinajstić information content (AvgIpc) is 3.09. The number of amides is 2. The summed E-state index contributed by atoms with van der Waals surface area (Å²) in [5.74, 6) is 0.863. The largest absolute Gasteiger partial charge is 0.504 e. The first-order valence-corrected chi connectivity index (χ1v) is 7.67. The number of hydrogen-bond acceptors (Lipinski definition) is 4. The summed E-state index contributed by atoms with van der Waals surface area (Å²) in [6.45, 7) is 0.267. The molecule has 1 heterocycles. The summed E-state index contributed by atoms with van der Waals surface area (Å²) in [7, 11) is 1.48. The second-order valence-corrected chi connectivity index (χ2v) is 5.29. The second kappa shape index (κ2) is 7.39. The molecule has 2 aromatic carbocycles. The second-order valence-electron chi connectivity index (χ2n) is 5.29. The third kappa shape index (κ3) is 4.08. The molecule has 3 rings (SSSR count). The van der Waals surface area contributed by atoms with E-state index in [1.54, 1.807) is 35.1 Å². The molecule has 0 fully saturated rings. The Morgan fingerprint density at radius 2 is 2.00 bits per heavy atom. The van der Waals surface area contributed by atoms with Gasteiger partial charge in [0.15, 0.2) is 17.3 Å². The van der Waals surface area contributed by atoms with Gasteiger partial charge in [0.05, 0.1) is 12.8 Å². The summed E-state index contributed by atoms with van der Waals surface area (Å²) in [6.07, 6.45) is 1.77. The predicted molar refractivity (Wildman–Crippen MR) is 94.1 cm³/mol. The van der Waals surface area contributed by atoms with Crippen LogP contribution in [0.1, 0.15) is 5.56 Å². The topological polar surface area (TPSA) is 88.4 Å². The summed E-state index contributed by atoms with van der Waals surface area (Å²) >= 11 is 0. The molecule has 7 heteroatoms. The molecule has 3 N–H and O–H groups in total. The number of aromatic nitrogens is 2. The lowest BCUT2D eigenvalue weighted by atomic mass is 10.2. The lowest BCUT2D eigenvalue weighted by Gasteiger charge is -2.08. The number of carbonyl (C=O) groups excluding carboxylic acids is 1. The molecule has 0 aliphatic rings. The van der Waals surface area contributed by atoms with Gasteiger partial charge in [0.1, 0.15) is 0 Å². The van der Waals surface area contributed by atoms with Gasteiger partial charge in [-0.3, -0.25) is 5.32 Å². The van der Waals surface area contributed by atoms with Crippen molar-refractivity contribution in [2.45, 2.75) is 6.54 Å². The minimum absolute atomic E-state index is 0.0313. The van der Waals surface area contributed by atoms with E-state index in [1.807, 2.05) is 30.3 Å². The molecule has 25 heavy (non-hydrogen) atoms. The van der Waals surface area contributed by atoms with E-state index < -0.39 is 0 Å². The van der Waals surface area contributed by atoms with E-state index in [0.29, 0.717) is 11.6 Å². The fourth-order valence-corrected chi connectivity index (χ4v) is 2.30. The van der Waals surface area contributed by atoms with Gasteiger partial charge in [-0.05, 0) is 29.8 Å². The smallest absolute Gasteiger partial charge is 0.320 e. The Labute approximate surface area is 144 Å². The van der Waals surface area contributed by atoms with Crippen LogP contribution in [0.5, 0.6) is 11.5 Å². The number of methoxy groups -OCH3 is 1. The zero-order valence-corrected chi connectivity index (χ0v) is 13.6. The van der Waals surface area contributed by atoms with Crippen molar-refractivity contribution < 1.29 is 14.6 Å². The minimum Gasteiger partial charge on any atom is -0.504 e. The standard InChI is InChI=1S/C18H18N4O3/c1-25-16-8-7-13(11-15(16)23)12-19-18(24)20-17-9-10-22(21-17)14-5-3-2-4-6-14/h2-11,23H,12H2,1H3,(H2,19,20,21,24). The molecular weight excluding hydrogens is 320 g/mol. The van der Waals surface area contributed by atoms with Crippen molar-refractivity contribution in [2.24, 2.45) is 0 Å². The molecule has 0 saturated heterocycles. The van der Waals surface area contributed by atoms with Crippen LogP contribution in [-0.4, -0.2) is 28.0 Å². The molecule has 0 aliphatic heterocycles. The summed E-state index contributed by atoms with van der Waals surface area (Å²) < 4.78 is 6.66. The number of nitrogens with one attached hydrogen (secondary N) is 2. The summed E-state index contributed by atoms with van der Waals surface area (Å²) in [4.78, 5) is 12.0. The molecule has 3 aromatic rings. The number of nitrogens with zero attached hydrogens (tertiary/aromatic N) is 2. The Morgan fingerprint density at radius 1 is 1.20 bits per heavy atom. The number of benzene rings is 2. The Balaban J connectivity index is 1.56. The lowest BCUT2D eigenvalue weighted by molar-refractivity contribution is 0.251. The van der Waals surface area contributed by atoms with E-state index in [4.69, 9.17) is 4.74 Å². The molecule has 0 radical (unpaired) electrons. The number of anilines is 1. The van der Waals surface area contributed by atoms with E-state index in [0.717, 1.165) is 11.3 Å². The normalized spacial score (nSPS) is 10.3. The van der Waals surface area contributed by atoms with E-state index in [1.165, 1.54) is 7.11 Å². The Morgan fingerprint density at radius 3 is 2.72 bits per heavy atom. The van der Waals surface area contributed by atoms with E-state index in [-0.39, 0.29) is 18.3 Å². The zero-order chi connectivity index (χ0) is 17.6. The monoisotopic (exact) mass is 338 g/mol. The van der Waals surface area contributed by atoms with Crippen LogP contribution in [0, 0.1) is 0 Å². The van der Waals surface area contributed by atoms with Gasteiger partial charge in [-0.1, -0.05) is 24.3 Å². The van der Waals surface area contributed by atoms with Crippen LogP contribution in [0.25, 0.3) is 5.69 Å². The third-order valence-electron chi connectivity index (χ3n) is 3.55. The highest BCUT2D eigenvalue weighted by molar-refractivity contribution is 5.88. The van der Waals surface area contributed by atoms with Gasteiger partial charge in [-0.15, -0.1) is 5.10 Å². The van der Waals surface area contributed by atoms with Gasteiger partial charge < -0.3 is 15.2 Å². The van der Waals surface area contributed by atoms with Crippen LogP contribution >= 0.6 is 0 Å². The first-order valence-electron chi connectivity index (χ1n) is 7.67. The van der Waals surface area contributed by atoms with Crippen molar-refractivity contribution in [2.75, 3.05) is 12.4 Å². The molecule has 7 nitrogen and oxygen atoms in total. The van der Waals surface area contributed by atoms with Crippen molar-refractivity contribution in [3.8, 4) is 17.2 Å². The molecule has 2 amide bonds. The highest BCUT2D eigenvalue weighted by Gasteiger charge is 2.07. The minimum atomic E-state index is -0.381. The number of para-hydroxylation sites is 1. The number of urea groups is 1. The molecular formula is C18H18N4O3. The van der Waals surface area contributed by atoms with E-state index in [9.17, 15) is 9.90 Å². The van der Waals surface area contributed by atoms with Crippen LogP contribution in [-0.2, 0) is 6.54 Å². The molecule has 0 atom stereocenters. The van der Waals surface area contributed by atoms with Crippen molar-refractivity contribution in [3.63, 3.8) is 0 Å². The maximum Gasteiger partial charge on any atom is 0.320 e. The van der Waals surface area contributed by atoms with Crippen molar-refractivity contribution in [1.82, 2.24) is 15.1 Å².